The summed E-state index contributed by atoms with van der Waals surface area (Å²) in [5, 5.41) is 0. The zero-order valence-electron chi connectivity index (χ0n) is 9.13. The zero-order valence-corrected chi connectivity index (χ0v) is 9.13. The number of hydrogen-bond acceptors (Lipinski definition) is 2. The minimum atomic E-state index is 0.444. The van der Waals surface area contributed by atoms with Crippen molar-refractivity contribution in [2.75, 3.05) is 19.6 Å². The van der Waals surface area contributed by atoms with Crippen LogP contribution in [0.5, 0.6) is 0 Å². The van der Waals surface area contributed by atoms with Gasteiger partial charge in [-0.3, -0.25) is 0 Å². The first-order chi connectivity index (χ1) is 6.27. The lowest BCUT2D eigenvalue weighted by Gasteiger charge is -2.35. The second-order valence-electron chi connectivity index (χ2n) is 4.25. The average Bonchev–Trinajstić information content (AvgIpc) is 2.18. The predicted molar refractivity (Wildman–Crippen MR) is 57.7 cm³/mol. The molecular weight excluding hydrogens is 160 g/mol. The molecule has 2 atom stereocenters. The molecule has 2 heteroatoms. The van der Waals surface area contributed by atoms with Gasteiger partial charge >= 0.3 is 0 Å². The van der Waals surface area contributed by atoms with Crippen molar-refractivity contribution in [2.45, 2.75) is 45.6 Å². The van der Waals surface area contributed by atoms with E-state index in [-0.39, 0.29) is 0 Å². The molecule has 1 aliphatic rings. The normalized spacial score (nSPS) is 27.5. The molecule has 2 nitrogen and oxygen atoms in total. The maximum absolute atomic E-state index is 6.15. The number of nitrogens with zero attached hydrogens (tertiary/aromatic N) is 1. The monoisotopic (exact) mass is 184 g/mol. The van der Waals surface area contributed by atoms with Crippen LogP contribution in [-0.2, 0) is 0 Å². The van der Waals surface area contributed by atoms with E-state index < -0.39 is 0 Å². The summed E-state index contributed by atoms with van der Waals surface area (Å²) in [6.07, 6.45) is 5.11. The Kier molecular flexibility index (Phi) is 4.74. The van der Waals surface area contributed by atoms with Gasteiger partial charge in [0.1, 0.15) is 0 Å². The highest BCUT2D eigenvalue weighted by Gasteiger charge is 2.23. The topological polar surface area (TPSA) is 29.3 Å². The Morgan fingerprint density at radius 2 is 2.23 bits per heavy atom. The van der Waals surface area contributed by atoms with Crippen molar-refractivity contribution in [1.82, 2.24) is 4.90 Å². The molecule has 2 N–H and O–H groups in total. The fraction of sp³-hybridized carbons (Fsp3) is 1.00. The summed E-state index contributed by atoms with van der Waals surface area (Å²) in [7, 11) is 0. The molecule has 0 spiro atoms. The van der Waals surface area contributed by atoms with Gasteiger partial charge in [-0.2, -0.15) is 0 Å². The fourth-order valence-electron chi connectivity index (χ4n) is 2.30. The molecule has 0 radical (unpaired) electrons. The molecular formula is C11H24N2. The molecule has 1 aliphatic heterocycles. The van der Waals surface area contributed by atoms with Crippen LogP contribution in [0, 0.1) is 5.92 Å². The molecule has 1 rings (SSSR count). The van der Waals surface area contributed by atoms with Crippen LogP contribution in [0.3, 0.4) is 0 Å². The van der Waals surface area contributed by atoms with E-state index >= 15 is 0 Å². The molecule has 0 aromatic heterocycles. The van der Waals surface area contributed by atoms with E-state index in [4.69, 9.17) is 5.73 Å². The maximum Gasteiger partial charge on any atom is 0.00792 e. The SMILES string of the molecule is CCCC(N)C1CCCN(CC)C1. The summed E-state index contributed by atoms with van der Waals surface area (Å²) >= 11 is 0. The Labute approximate surface area is 82.5 Å². The Morgan fingerprint density at radius 1 is 1.46 bits per heavy atom. The van der Waals surface area contributed by atoms with Crippen molar-refractivity contribution in [2.24, 2.45) is 11.7 Å². The van der Waals surface area contributed by atoms with Crippen molar-refractivity contribution in [1.29, 1.82) is 0 Å². The summed E-state index contributed by atoms with van der Waals surface area (Å²) in [5.74, 6) is 0.758. The standard InChI is InChI=1S/C11H24N2/c1-3-6-11(12)10-7-5-8-13(4-2)9-10/h10-11H,3-9,12H2,1-2H3. The van der Waals surface area contributed by atoms with Crippen LogP contribution in [0.2, 0.25) is 0 Å². The number of piperidine rings is 1. The summed E-state index contributed by atoms with van der Waals surface area (Å²) in [6.45, 7) is 8.17. The molecule has 0 saturated carbocycles. The molecule has 0 amide bonds. The minimum absolute atomic E-state index is 0.444. The van der Waals surface area contributed by atoms with Crippen LogP contribution in [-0.4, -0.2) is 30.6 Å². The zero-order chi connectivity index (χ0) is 9.68. The van der Waals surface area contributed by atoms with E-state index in [1.165, 1.54) is 45.3 Å². The Morgan fingerprint density at radius 3 is 2.85 bits per heavy atom. The molecule has 78 valence electrons. The van der Waals surface area contributed by atoms with E-state index in [2.05, 4.69) is 18.7 Å². The predicted octanol–water partition coefficient (Wildman–Crippen LogP) is 1.85. The smallest absolute Gasteiger partial charge is 0.00792 e. The highest BCUT2D eigenvalue weighted by atomic mass is 15.1. The van der Waals surface area contributed by atoms with Gasteiger partial charge in [0.15, 0.2) is 0 Å². The van der Waals surface area contributed by atoms with Crippen molar-refractivity contribution in [3.05, 3.63) is 0 Å². The Hall–Kier alpha value is -0.0800. The third-order valence-electron chi connectivity index (χ3n) is 3.22. The fourth-order valence-corrected chi connectivity index (χ4v) is 2.30. The van der Waals surface area contributed by atoms with E-state index in [0.29, 0.717) is 6.04 Å². The van der Waals surface area contributed by atoms with E-state index in [1.54, 1.807) is 0 Å². The summed E-state index contributed by atoms with van der Waals surface area (Å²) in [6, 6.07) is 0.444. The van der Waals surface area contributed by atoms with Crippen LogP contribution in [0.15, 0.2) is 0 Å². The quantitative estimate of drug-likeness (QED) is 0.722. The molecule has 0 aliphatic carbocycles. The van der Waals surface area contributed by atoms with Crippen LogP contribution < -0.4 is 5.73 Å². The van der Waals surface area contributed by atoms with Crippen LogP contribution in [0.25, 0.3) is 0 Å². The van der Waals surface area contributed by atoms with Gasteiger partial charge in [0.05, 0.1) is 0 Å². The molecule has 0 aromatic carbocycles. The van der Waals surface area contributed by atoms with Crippen LogP contribution in [0.4, 0.5) is 0 Å². The third-order valence-corrected chi connectivity index (χ3v) is 3.22. The second-order valence-corrected chi connectivity index (χ2v) is 4.25. The van der Waals surface area contributed by atoms with Crippen molar-refractivity contribution in [3.8, 4) is 0 Å². The Balaban J connectivity index is 2.32. The molecule has 1 heterocycles. The lowest BCUT2D eigenvalue weighted by atomic mass is 9.89. The second kappa shape index (κ2) is 5.61. The number of nitrogens with two attached hydrogens (primary N) is 1. The van der Waals surface area contributed by atoms with E-state index in [1.807, 2.05) is 0 Å². The van der Waals surface area contributed by atoms with Crippen LogP contribution >= 0.6 is 0 Å². The van der Waals surface area contributed by atoms with Gasteiger partial charge < -0.3 is 10.6 Å². The van der Waals surface area contributed by atoms with Gasteiger partial charge in [0.25, 0.3) is 0 Å². The van der Waals surface area contributed by atoms with Crippen molar-refractivity contribution >= 4 is 0 Å². The van der Waals surface area contributed by atoms with Crippen molar-refractivity contribution < 1.29 is 0 Å². The van der Waals surface area contributed by atoms with Crippen LogP contribution in [0.1, 0.15) is 39.5 Å². The molecule has 2 unspecified atom stereocenters. The average molecular weight is 184 g/mol. The third kappa shape index (κ3) is 3.28. The highest BCUT2D eigenvalue weighted by molar-refractivity contribution is 4.79. The number of rotatable bonds is 4. The molecule has 0 bridgehead atoms. The lowest BCUT2D eigenvalue weighted by Crippen LogP contribution is -2.43. The van der Waals surface area contributed by atoms with E-state index in [0.717, 1.165) is 5.92 Å². The molecule has 13 heavy (non-hydrogen) atoms. The number of hydrogen-bond donors (Lipinski definition) is 1. The van der Waals surface area contributed by atoms with Gasteiger partial charge in [-0.1, -0.05) is 20.3 Å². The van der Waals surface area contributed by atoms with Gasteiger partial charge in [0, 0.05) is 12.6 Å². The maximum atomic E-state index is 6.15. The minimum Gasteiger partial charge on any atom is -0.327 e. The molecule has 1 saturated heterocycles. The number of likely N-dealkylation sites (tertiary alicyclic amines) is 1. The van der Waals surface area contributed by atoms with E-state index in [9.17, 15) is 0 Å². The summed E-state index contributed by atoms with van der Waals surface area (Å²) < 4.78 is 0. The van der Waals surface area contributed by atoms with Gasteiger partial charge in [-0.25, -0.2) is 0 Å². The van der Waals surface area contributed by atoms with Crippen molar-refractivity contribution in [3.63, 3.8) is 0 Å². The van der Waals surface area contributed by atoms with Gasteiger partial charge in [-0.15, -0.1) is 0 Å². The van der Waals surface area contributed by atoms with Gasteiger partial charge in [0.2, 0.25) is 0 Å². The lowest BCUT2D eigenvalue weighted by molar-refractivity contribution is 0.161. The molecule has 1 fully saturated rings. The summed E-state index contributed by atoms with van der Waals surface area (Å²) in [5.41, 5.74) is 6.15. The largest absolute Gasteiger partial charge is 0.327 e. The first kappa shape index (κ1) is 11.0. The first-order valence-electron chi connectivity index (χ1n) is 5.75. The highest BCUT2D eigenvalue weighted by Crippen LogP contribution is 2.20. The summed E-state index contributed by atoms with van der Waals surface area (Å²) in [4.78, 5) is 2.53. The molecule has 0 aromatic rings. The van der Waals surface area contributed by atoms with Gasteiger partial charge in [-0.05, 0) is 38.3 Å². The first-order valence-corrected chi connectivity index (χ1v) is 5.75. The Bertz CT molecular complexity index is 136.